The zero-order chi connectivity index (χ0) is 29.5. The Hall–Kier alpha value is -4.40. The average molecular weight is 589 g/mol. The van der Waals surface area contributed by atoms with E-state index in [1.54, 1.807) is 68.5 Å². The van der Waals surface area contributed by atoms with E-state index in [4.69, 9.17) is 0 Å². The molecule has 3 aromatic rings. The number of hydrogen-bond acceptors (Lipinski definition) is 7. The molecule has 0 bridgehead atoms. The number of rotatable bonds is 9. The summed E-state index contributed by atoms with van der Waals surface area (Å²) in [7, 11) is 0. The minimum absolute atomic E-state index is 0.237. The fraction of sp³-hybridized carbons (Fsp3) is 0.233. The molecule has 1 heterocycles. The number of nitrogens with zero attached hydrogens (tertiary/aromatic N) is 1. The molecular formula is C30H28N4O5S2. The lowest BCUT2D eigenvalue weighted by Crippen LogP contribution is -2.34. The van der Waals surface area contributed by atoms with Crippen molar-refractivity contribution in [2.45, 2.75) is 36.8 Å². The first-order valence-electron chi connectivity index (χ1n) is 12.8. The first-order valence-corrected chi connectivity index (χ1v) is 14.5. The van der Waals surface area contributed by atoms with Gasteiger partial charge in [0.25, 0.3) is 5.91 Å². The molecule has 1 aliphatic carbocycles. The number of carbonyl (C=O) groups is 4. The molecule has 0 radical (unpaired) electrons. The summed E-state index contributed by atoms with van der Waals surface area (Å²) in [6, 6.07) is 18.0. The van der Waals surface area contributed by atoms with Gasteiger partial charge in [-0.1, -0.05) is 36.4 Å². The number of allylic oxidation sites excluding steroid dienone is 2. The number of aliphatic carboxylic acids is 1. The molecule has 41 heavy (non-hydrogen) atoms. The SMILES string of the molecule is Cc1c(C(=O)Nc2ccccc2)sc(NC(=O)C(C)Sc2cccc(NC(=O)C3CC=CCC3C(=O)O)c2)c1C#N. The van der Waals surface area contributed by atoms with Crippen molar-refractivity contribution in [3.05, 3.63) is 82.8 Å². The van der Waals surface area contributed by atoms with Gasteiger partial charge in [-0.3, -0.25) is 19.2 Å². The first-order chi connectivity index (χ1) is 19.7. The second-order valence-corrected chi connectivity index (χ2v) is 11.9. The molecule has 0 fully saturated rings. The van der Waals surface area contributed by atoms with Crippen LogP contribution in [0.15, 0.2) is 71.6 Å². The number of thiophene rings is 1. The van der Waals surface area contributed by atoms with Crippen LogP contribution >= 0.6 is 23.1 Å². The van der Waals surface area contributed by atoms with Crippen LogP contribution in [0.25, 0.3) is 0 Å². The van der Waals surface area contributed by atoms with Crippen LogP contribution in [0.1, 0.15) is 40.6 Å². The second kappa shape index (κ2) is 13.3. The molecule has 210 valence electrons. The van der Waals surface area contributed by atoms with E-state index in [2.05, 4.69) is 22.0 Å². The Morgan fingerprint density at radius 1 is 0.976 bits per heavy atom. The van der Waals surface area contributed by atoms with Gasteiger partial charge in [-0.15, -0.1) is 23.1 Å². The third kappa shape index (κ3) is 7.22. The van der Waals surface area contributed by atoms with Crippen LogP contribution in [0.4, 0.5) is 16.4 Å². The van der Waals surface area contributed by atoms with Crippen molar-refractivity contribution < 1.29 is 24.3 Å². The van der Waals surface area contributed by atoms with Crippen LogP contribution in [0.3, 0.4) is 0 Å². The number of nitrogens with one attached hydrogen (secondary N) is 3. The Bertz CT molecular complexity index is 1540. The summed E-state index contributed by atoms with van der Waals surface area (Å²) in [6.45, 7) is 3.39. The van der Waals surface area contributed by atoms with Crippen molar-refractivity contribution in [1.82, 2.24) is 0 Å². The van der Waals surface area contributed by atoms with Gasteiger partial charge >= 0.3 is 5.97 Å². The number of hydrogen-bond donors (Lipinski definition) is 4. The van der Waals surface area contributed by atoms with Crippen LogP contribution in [0.2, 0.25) is 0 Å². The van der Waals surface area contributed by atoms with Crippen LogP contribution in [-0.4, -0.2) is 34.0 Å². The molecule has 0 spiro atoms. The number of carboxylic acid groups (broad SMARTS) is 1. The van der Waals surface area contributed by atoms with Gasteiger partial charge in [0.05, 0.1) is 27.5 Å². The highest BCUT2D eigenvalue weighted by Gasteiger charge is 2.34. The monoisotopic (exact) mass is 588 g/mol. The Kier molecular flexibility index (Phi) is 9.60. The Balaban J connectivity index is 1.41. The van der Waals surface area contributed by atoms with Gasteiger partial charge in [0.2, 0.25) is 11.8 Å². The average Bonchev–Trinajstić information content (AvgIpc) is 3.28. The molecule has 3 atom stereocenters. The normalized spacial score (nSPS) is 16.7. The molecule has 4 rings (SSSR count). The third-order valence-electron chi connectivity index (χ3n) is 6.60. The van der Waals surface area contributed by atoms with Gasteiger partial charge in [0.15, 0.2) is 0 Å². The van der Waals surface area contributed by atoms with Crippen molar-refractivity contribution in [2.75, 3.05) is 16.0 Å². The molecule has 2 aromatic carbocycles. The minimum Gasteiger partial charge on any atom is -0.481 e. The topological polar surface area (TPSA) is 148 Å². The molecule has 11 heteroatoms. The van der Waals surface area contributed by atoms with Crippen LogP contribution in [0, 0.1) is 30.1 Å². The zero-order valence-corrected chi connectivity index (χ0v) is 24.0. The molecule has 0 saturated carbocycles. The first kappa shape index (κ1) is 29.6. The Labute approximate surface area is 245 Å². The molecule has 1 aliphatic rings. The number of anilines is 3. The van der Waals surface area contributed by atoms with E-state index in [-0.39, 0.29) is 23.3 Å². The number of benzene rings is 2. The summed E-state index contributed by atoms with van der Waals surface area (Å²) in [6.07, 6.45) is 4.27. The third-order valence-corrected chi connectivity index (χ3v) is 8.90. The van der Waals surface area contributed by atoms with Crippen molar-refractivity contribution in [3.63, 3.8) is 0 Å². The summed E-state index contributed by atoms with van der Waals surface area (Å²) >= 11 is 2.30. The van der Waals surface area contributed by atoms with Gasteiger partial charge < -0.3 is 21.1 Å². The highest BCUT2D eigenvalue weighted by atomic mass is 32.2. The standard InChI is InChI=1S/C30H28N4O5S2/c1-17-24(16-31)29(41-25(17)28(37)32-19-9-4-3-5-10-19)34-26(35)18(2)40-21-12-8-11-20(15-21)33-27(36)22-13-6-7-14-23(22)30(38)39/h3-12,15,18,22-23H,13-14H2,1-2H3,(H,32,37)(H,33,36)(H,34,35)(H,38,39). The minimum atomic E-state index is -0.997. The fourth-order valence-electron chi connectivity index (χ4n) is 4.39. The van der Waals surface area contributed by atoms with Gasteiger partial charge in [-0.25, -0.2) is 0 Å². The maximum Gasteiger partial charge on any atom is 0.307 e. The lowest BCUT2D eigenvalue weighted by Gasteiger charge is -2.24. The second-order valence-electron chi connectivity index (χ2n) is 9.45. The van der Waals surface area contributed by atoms with Crippen LogP contribution in [0.5, 0.6) is 0 Å². The molecule has 3 unspecified atom stereocenters. The molecule has 3 amide bonds. The van der Waals surface area contributed by atoms with E-state index in [1.807, 2.05) is 12.1 Å². The maximum atomic E-state index is 13.1. The van der Waals surface area contributed by atoms with E-state index >= 15 is 0 Å². The molecule has 4 N–H and O–H groups in total. The Morgan fingerprint density at radius 2 is 1.66 bits per heavy atom. The smallest absolute Gasteiger partial charge is 0.307 e. The Morgan fingerprint density at radius 3 is 2.34 bits per heavy atom. The summed E-state index contributed by atoms with van der Waals surface area (Å²) in [5.41, 5.74) is 1.85. The van der Waals surface area contributed by atoms with Gasteiger partial charge in [-0.05, 0) is 62.6 Å². The molecule has 1 aromatic heterocycles. The maximum absolute atomic E-state index is 13.1. The summed E-state index contributed by atoms with van der Waals surface area (Å²) in [4.78, 5) is 51.4. The van der Waals surface area contributed by atoms with Crippen molar-refractivity contribution in [3.8, 4) is 6.07 Å². The molecular weight excluding hydrogens is 560 g/mol. The van der Waals surface area contributed by atoms with Crippen molar-refractivity contribution in [2.24, 2.45) is 11.8 Å². The zero-order valence-electron chi connectivity index (χ0n) is 22.3. The summed E-state index contributed by atoms with van der Waals surface area (Å²) in [5, 5.41) is 27.3. The van der Waals surface area contributed by atoms with E-state index in [9.17, 15) is 29.5 Å². The predicted octanol–water partition coefficient (Wildman–Crippen LogP) is 5.91. The number of para-hydroxylation sites is 1. The molecule has 0 aliphatic heterocycles. The van der Waals surface area contributed by atoms with Gasteiger partial charge in [-0.2, -0.15) is 5.26 Å². The highest BCUT2D eigenvalue weighted by Crippen LogP contribution is 2.35. The van der Waals surface area contributed by atoms with E-state index in [1.165, 1.54) is 11.8 Å². The van der Waals surface area contributed by atoms with E-state index < -0.39 is 23.1 Å². The molecule has 0 saturated heterocycles. The summed E-state index contributed by atoms with van der Waals surface area (Å²) in [5.74, 6) is -3.51. The van der Waals surface area contributed by atoms with Crippen LogP contribution in [-0.2, 0) is 14.4 Å². The van der Waals surface area contributed by atoms with Crippen LogP contribution < -0.4 is 16.0 Å². The quantitative estimate of drug-likeness (QED) is 0.179. The van der Waals surface area contributed by atoms with Gasteiger partial charge in [0.1, 0.15) is 11.1 Å². The van der Waals surface area contributed by atoms with Crippen molar-refractivity contribution >= 4 is 63.2 Å². The lowest BCUT2D eigenvalue weighted by molar-refractivity contribution is -0.146. The highest BCUT2D eigenvalue weighted by molar-refractivity contribution is 8.00. The van der Waals surface area contributed by atoms with E-state index in [0.717, 1.165) is 16.2 Å². The number of thioether (sulfide) groups is 1. The van der Waals surface area contributed by atoms with Gasteiger partial charge in [0, 0.05) is 16.3 Å². The lowest BCUT2D eigenvalue weighted by atomic mass is 9.82. The predicted molar refractivity (Wildman–Crippen MR) is 160 cm³/mol. The molecule has 9 nitrogen and oxygen atoms in total. The number of nitriles is 1. The number of carboxylic acids is 1. The fourth-order valence-corrected chi connectivity index (χ4v) is 6.37. The van der Waals surface area contributed by atoms with Crippen molar-refractivity contribution in [1.29, 1.82) is 5.26 Å². The number of carbonyl (C=O) groups excluding carboxylic acids is 3. The van der Waals surface area contributed by atoms with E-state index in [0.29, 0.717) is 39.7 Å². The summed E-state index contributed by atoms with van der Waals surface area (Å²) < 4.78 is 0. The largest absolute Gasteiger partial charge is 0.481 e. The number of amides is 3.